The first-order valence-corrected chi connectivity index (χ1v) is 8.84. The van der Waals surface area contributed by atoms with Crippen molar-refractivity contribution in [3.05, 3.63) is 35.6 Å². The van der Waals surface area contributed by atoms with Crippen LogP contribution in [0.5, 0.6) is 0 Å². The van der Waals surface area contributed by atoms with Gasteiger partial charge in [-0.25, -0.2) is 4.39 Å². The van der Waals surface area contributed by atoms with Gasteiger partial charge in [0.05, 0.1) is 0 Å². The molecule has 2 nitrogen and oxygen atoms in total. The molecule has 1 aliphatic heterocycles. The van der Waals surface area contributed by atoms with Crippen molar-refractivity contribution in [1.29, 1.82) is 0 Å². The van der Waals surface area contributed by atoms with Crippen molar-refractivity contribution in [2.75, 3.05) is 31.9 Å². The molecule has 1 unspecified atom stereocenters. The Balaban J connectivity index is 1.96. The van der Waals surface area contributed by atoms with Crippen molar-refractivity contribution in [2.24, 2.45) is 0 Å². The van der Waals surface area contributed by atoms with Gasteiger partial charge in [0.1, 0.15) is 5.82 Å². The van der Waals surface area contributed by atoms with Gasteiger partial charge in [-0.05, 0) is 32.9 Å². The molecule has 0 amide bonds. The van der Waals surface area contributed by atoms with Gasteiger partial charge in [0.2, 0.25) is 0 Å². The molecule has 0 radical (unpaired) electrons. The van der Waals surface area contributed by atoms with Crippen LogP contribution in [0.25, 0.3) is 0 Å². The van der Waals surface area contributed by atoms with Crippen LogP contribution < -0.4 is 5.32 Å². The summed E-state index contributed by atoms with van der Waals surface area (Å²) < 4.78 is 14.3. The molecule has 0 spiro atoms. The van der Waals surface area contributed by atoms with Gasteiger partial charge in [-0.3, -0.25) is 0 Å². The van der Waals surface area contributed by atoms with Crippen molar-refractivity contribution < 1.29 is 4.39 Å². The van der Waals surface area contributed by atoms with Crippen LogP contribution >= 0.6 is 11.8 Å². The predicted molar refractivity (Wildman–Crippen MR) is 90.4 cm³/mol. The lowest BCUT2D eigenvalue weighted by Gasteiger charge is -2.38. The molecule has 1 aromatic carbocycles. The molecule has 0 aromatic heterocycles. The lowest BCUT2D eigenvalue weighted by Crippen LogP contribution is -2.44. The second-order valence-corrected chi connectivity index (χ2v) is 8.11. The van der Waals surface area contributed by atoms with E-state index in [2.05, 4.69) is 42.7 Å². The molecule has 0 aliphatic carbocycles. The van der Waals surface area contributed by atoms with E-state index in [4.69, 9.17) is 0 Å². The summed E-state index contributed by atoms with van der Waals surface area (Å²) in [6, 6.07) is 7.24. The molecule has 21 heavy (non-hydrogen) atoms. The number of hydrogen-bond acceptors (Lipinski definition) is 3. The van der Waals surface area contributed by atoms with E-state index in [1.807, 2.05) is 12.1 Å². The Kier molecular flexibility index (Phi) is 6.08. The summed E-state index contributed by atoms with van der Waals surface area (Å²) in [4.78, 5) is 2.52. The average molecular weight is 310 g/mol. The zero-order valence-corrected chi connectivity index (χ0v) is 14.2. The third-order valence-electron chi connectivity index (χ3n) is 3.97. The molecule has 2 rings (SSSR count). The fourth-order valence-electron chi connectivity index (χ4n) is 2.99. The zero-order valence-electron chi connectivity index (χ0n) is 13.4. The molecule has 1 atom stereocenters. The Hall–Kier alpha value is -0.580. The lowest BCUT2D eigenvalue weighted by molar-refractivity contribution is 0.245. The highest BCUT2D eigenvalue weighted by Crippen LogP contribution is 2.30. The first-order chi connectivity index (χ1) is 10.0. The Morgan fingerprint density at radius 3 is 2.81 bits per heavy atom. The van der Waals surface area contributed by atoms with Gasteiger partial charge in [-0.15, -0.1) is 0 Å². The van der Waals surface area contributed by atoms with Crippen LogP contribution in [-0.4, -0.2) is 41.6 Å². The van der Waals surface area contributed by atoms with Crippen LogP contribution in [0, 0.1) is 5.82 Å². The first kappa shape index (κ1) is 16.8. The molecule has 1 saturated heterocycles. The number of benzene rings is 1. The Morgan fingerprint density at radius 2 is 2.14 bits per heavy atom. The number of thioether (sulfide) groups is 1. The Bertz CT molecular complexity index is 450. The molecule has 0 saturated carbocycles. The van der Waals surface area contributed by atoms with E-state index in [-0.39, 0.29) is 11.9 Å². The summed E-state index contributed by atoms with van der Waals surface area (Å²) in [6.45, 7) is 10.8. The molecular weight excluding hydrogens is 283 g/mol. The summed E-state index contributed by atoms with van der Waals surface area (Å²) in [7, 11) is 0. The Morgan fingerprint density at radius 1 is 1.38 bits per heavy atom. The highest BCUT2D eigenvalue weighted by atomic mass is 32.2. The number of nitrogens with one attached hydrogen (secondary N) is 1. The fourth-order valence-corrected chi connectivity index (χ4v) is 4.16. The van der Waals surface area contributed by atoms with E-state index >= 15 is 0 Å². The topological polar surface area (TPSA) is 15.3 Å². The number of nitrogens with zero attached hydrogens (tertiary/aromatic N) is 1. The van der Waals surface area contributed by atoms with Gasteiger partial charge < -0.3 is 10.2 Å². The van der Waals surface area contributed by atoms with Crippen molar-refractivity contribution >= 4 is 11.8 Å². The average Bonchev–Trinajstić information content (AvgIpc) is 2.43. The summed E-state index contributed by atoms with van der Waals surface area (Å²) in [6.07, 6.45) is 0.954. The number of hydrogen-bond donors (Lipinski definition) is 1. The molecular formula is C17H27FN2S. The van der Waals surface area contributed by atoms with Gasteiger partial charge >= 0.3 is 0 Å². The normalized spacial score (nSPS) is 20.4. The summed E-state index contributed by atoms with van der Waals surface area (Å²) in [5.41, 5.74) is 0.796. The standard InChI is InChI=1S/C17H27FN2S/c1-4-19-16(14-7-5-6-8-15(14)18)9-10-20-11-12-21-17(2,3)13-20/h5-8,16,19H,4,9-13H2,1-3H3. The van der Waals surface area contributed by atoms with Crippen molar-refractivity contribution in [3.8, 4) is 0 Å². The zero-order chi connectivity index (χ0) is 15.3. The minimum absolute atomic E-state index is 0.0991. The van der Waals surface area contributed by atoms with Gasteiger partial charge in [0.15, 0.2) is 0 Å². The van der Waals surface area contributed by atoms with E-state index in [9.17, 15) is 4.39 Å². The second kappa shape index (κ2) is 7.61. The van der Waals surface area contributed by atoms with Crippen molar-refractivity contribution in [2.45, 2.75) is 38.0 Å². The molecule has 1 heterocycles. The van der Waals surface area contributed by atoms with Crippen molar-refractivity contribution in [1.82, 2.24) is 10.2 Å². The maximum Gasteiger partial charge on any atom is 0.127 e. The summed E-state index contributed by atoms with van der Waals surface area (Å²) >= 11 is 2.05. The largest absolute Gasteiger partial charge is 0.310 e. The van der Waals surface area contributed by atoms with E-state index < -0.39 is 0 Å². The van der Waals surface area contributed by atoms with Crippen LogP contribution in [0.15, 0.2) is 24.3 Å². The maximum atomic E-state index is 14.0. The molecule has 1 aromatic rings. The van der Waals surface area contributed by atoms with E-state index in [0.717, 1.165) is 38.2 Å². The van der Waals surface area contributed by atoms with Crippen LogP contribution in [0.3, 0.4) is 0 Å². The molecule has 0 bridgehead atoms. The number of rotatable bonds is 6. The molecule has 118 valence electrons. The van der Waals surface area contributed by atoms with Crippen LogP contribution in [0.4, 0.5) is 4.39 Å². The number of halogens is 1. The Labute approximate surface area is 132 Å². The minimum atomic E-state index is -0.0991. The molecule has 1 N–H and O–H groups in total. The third-order valence-corrected chi connectivity index (χ3v) is 5.27. The minimum Gasteiger partial charge on any atom is -0.310 e. The quantitative estimate of drug-likeness (QED) is 0.862. The monoisotopic (exact) mass is 310 g/mol. The van der Waals surface area contributed by atoms with Gasteiger partial charge in [0, 0.05) is 41.7 Å². The van der Waals surface area contributed by atoms with Gasteiger partial charge in [-0.1, -0.05) is 25.1 Å². The molecule has 1 fully saturated rings. The summed E-state index contributed by atoms with van der Waals surface area (Å²) in [5.74, 6) is 1.09. The van der Waals surface area contributed by atoms with E-state index in [0.29, 0.717) is 4.75 Å². The molecule has 4 heteroatoms. The van der Waals surface area contributed by atoms with E-state index in [1.165, 1.54) is 5.75 Å². The maximum absolute atomic E-state index is 14.0. The highest BCUT2D eigenvalue weighted by Gasteiger charge is 2.27. The van der Waals surface area contributed by atoms with Crippen molar-refractivity contribution in [3.63, 3.8) is 0 Å². The fraction of sp³-hybridized carbons (Fsp3) is 0.647. The van der Waals surface area contributed by atoms with Gasteiger partial charge in [-0.2, -0.15) is 11.8 Å². The first-order valence-electron chi connectivity index (χ1n) is 7.86. The smallest absolute Gasteiger partial charge is 0.127 e. The highest BCUT2D eigenvalue weighted by molar-refractivity contribution is 8.00. The van der Waals surface area contributed by atoms with E-state index in [1.54, 1.807) is 12.1 Å². The lowest BCUT2D eigenvalue weighted by atomic mass is 10.0. The predicted octanol–water partition coefficient (Wildman–Crippen LogP) is 3.69. The summed E-state index contributed by atoms with van der Waals surface area (Å²) in [5, 5.41) is 3.43. The SMILES string of the molecule is CCNC(CCN1CCSC(C)(C)C1)c1ccccc1F. The third kappa shape index (κ3) is 4.97. The van der Waals surface area contributed by atoms with Crippen LogP contribution in [0.2, 0.25) is 0 Å². The van der Waals surface area contributed by atoms with Crippen LogP contribution in [0.1, 0.15) is 38.8 Å². The van der Waals surface area contributed by atoms with Gasteiger partial charge in [0.25, 0.3) is 0 Å². The molecule has 1 aliphatic rings. The second-order valence-electron chi connectivity index (χ2n) is 6.30. The van der Waals surface area contributed by atoms with Crippen LogP contribution in [-0.2, 0) is 0 Å².